The van der Waals surface area contributed by atoms with Crippen LogP contribution in [0.15, 0.2) is 46.3 Å². The number of thiophene rings is 1. The van der Waals surface area contributed by atoms with Gasteiger partial charge in [-0.1, -0.05) is 11.6 Å². The van der Waals surface area contributed by atoms with Crippen molar-refractivity contribution in [1.29, 1.82) is 0 Å². The minimum Gasteiger partial charge on any atom is -0.329 e. The molecule has 0 aromatic carbocycles. The Morgan fingerprint density at radius 2 is 2.25 bits per heavy atom. The van der Waals surface area contributed by atoms with Gasteiger partial charge in [-0.25, -0.2) is 4.99 Å². The molecular formula is C13H9ClN4OS. The van der Waals surface area contributed by atoms with E-state index >= 15 is 0 Å². The van der Waals surface area contributed by atoms with Crippen LogP contribution in [0.1, 0.15) is 4.88 Å². The largest absolute Gasteiger partial charge is 0.329 e. The van der Waals surface area contributed by atoms with E-state index in [1.807, 2.05) is 12.1 Å². The highest BCUT2D eigenvalue weighted by Crippen LogP contribution is 2.21. The van der Waals surface area contributed by atoms with Gasteiger partial charge in [0.25, 0.3) is 5.56 Å². The van der Waals surface area contributed by atoms with E-state index in [9.17, 15) is 4.79 Å². The van der Waals surface area contributed by atoms with E-state index < -0.39 is 0 Å². The lowest BCUT2D eigenvalue weighted by atomic mass is 10.2. The molecule has 20 heavy (non-hydrogen) atoms. The highest BCUT2D eigenvalue weighted by molar-refractivity contribution is 7.17. The van der Waals surface area contributed by atoms with Gasteiger partial charge < -0.3 is 4.98 Å². The number of aromatic nitrogens is 3. The number of hydrogen-bond acceptors (Lipinski definition) is 4. The molecule has 0 saturated heterocycles. The minimum absolute atomic E-state index is 0.181. The third-order valence-electron chi connectivity index (χ3n) is 2.58. The van der Waals surface area contributed by atoms with Gasteiger partial charge in [-0.3, -0.25) is 9.89 Å². The van der Waals surface area contributed by atoms with Gasteiger partial charge in [0, 0.05) is 23.4 Å². The fourth-order valence-electron chi connectivity index (χ4n) is 1.67. The molecule has 0 unspecified atom stereocenters. The third kappa shape index (κ3) is 2.71. The van der Waals surface area contributed by atoms with Crippen molar-refractivity contribution in [3.63, 3.8) is 0 Å². The van der Waals surface area contributed by atoms with Crippen molar-refractivity contribution in [1.82, 2.24) is 15.2 Å². The molecule has 0 fully saturated rings. The molecule has 3 rings (SSSR count). The molecule has 0 aliphatic rings. The molecule has 5 nitrogen and oxygen atoms in total. The lowest BCUT2D eigenvalue weighted by Gasteiger charge is -1.91. The monoisotopic (exact) mass is 304 g/mol. The van der Waals surface area contributed by atoms with E-state index in [4.69, 9.17) is 11.6 Å². The van der Waals surface area contributed by atoms with Crippen LogP contribution in [0, 0.1) is 0 Å². The van der Waals surface area contributed by atoms with Crippen LogP contribution in [0.3, 0.4) is 0 Å². The number of H-pyrrole nitrogens is 2. The van der Waals surface area contributed by atoms with E-state index in [-0.39, 0.29) is 5.56 Å². The molecule has 3 aromatic heterocycles. The van der Waals surface area contributed by atoms with Crippen LogP contribution in [0.2, 0.25) is 4.34 Å². The quantitative estimate of drug-likeness (QED) is 0.729. The molecule has 0 amide bonds. The topological polar surface area (TPSA) is 73.9 Å². The minimum atomic E-state index is -0.181. The fraction of sp³-hybridized carbons (Fsp3) is 0. The molecular weight excluding hydrogens is 296 g/mol. The normalized spacial score (nSPS) is 11.2. The first-order chi connectivity index (χ1) is 9.72. The van der Waals surface area contributed by atoms with Gasteiger partial charge in [0.1, 0.15) is 5.82 Å². The van der Waals surface area contributed by atoms with Gasteiger partial charge >= 0.3 is 0 Å². The predicted molar refractivity (Wildman–Crippen MR) is 81.2 cm³/mol. The molecule has 2 N–H and O–H groups in total. The predicted octanol–water partition coefficient (Wildman–Crippen LogP) is 3.23. The summed E-state index contributed by atoms with van der Waals surface area (Å²) in [5, 5.41) is 6.86. The van der Waals surface area contributed by atoms with Crippen LogP contribution in [0.4, 0.5) is 5.82 Å². The maximum atomic E-state index is 11.7. The smallest absolute Gasteiger partial charge is 0.257 e. The summed E-state index contributed by atoms with van der Waals surface area (Å²) in [6, 6.07) is 8.88. The van der Waals surface area contributed by atoms with Gasteiger partial charge in [0.15, 0.2) is 0 Å². The summed E-state index contributed by atoms with van der Waals surface area (Å²) in [4.78, 5) is 19.5. The van der Waals surface area contributed by atoms with Crippen LogP contribution in [-0.4, -0.2) is 21.4 Å². The van der Waals surface area contributed by atoms with E-state index in [1.54, 1.807) is 30.6 Å². The Bertz CT molecular complexity index is 817. The standard InChI is InChI=1S/C13H9ClN4OS/c14-11-4-3-8(20-11)7-16-12-6-10(17-18-12)9-2-1-5-15-13(9)19/h1-7H,(H,15,19)(H,17,18)/b16-7+. The van der Waals surface area contributed by atoms with E-state index in [0.29, 0.717) is 21.4 Å². The summed E-state index contributed by atoms with van der Waals surface area (Å²) in [6.07, 6.45) is 3.28. The van der Waals surface area contributed by atoms with E-state index in [0.717, 1.165) is 4.88 Å². The number of aliphatic imine (C=N–C) groups is 1. The Morgan fingerprint density at radius 3 is 3.00 bits per heavy atom. The number of pyridine rings is 1. The third-order valence-corrected chi connectivity index (χ3v) is 3.75. The van der Waals surface area contributed by atoms with Gasteiger partial charge in [-0.2, -0.15) is 5.10 Å². The summed E-state index contributed by atoms with van der Waals surface area (Å²) in [5.74, 6) is 0.577. The van der Waals surface area contributed by atoms with Gasteiger partial charge in [-0.05, 0) is 24.3 Å². The molecule has 3 heterocycles. The Labute approximate surface area is 123 Å². The van der Waals surface area contributed by atoms with E-state index in [1.165, 1.54) is 11.3 Å². The highest BCUT2D eigenvalue weighted by Gasteiger charge is 2.06. The molecule has 0 spiro atoms. The zero-order chi connectivity index (χ0) is 13.9. The first-order valence-electron chi connectivity index (χ1n) is 5.75. The molecule has 0 atom stereocenters. The van der Waals surface area contributed by atoms with Crippen LogP contribution >= 0.6 is 22.9 Å². The fourth-order valence-corrected chi connectivity index (χ4v) is 2.60. The van der Waals surface area contributed by atoms with Crippen molar-refractivity contribution in [3.05, 3.63) is 56.1 Å². The highest BCUT2D eigenvalue weighted by atomic mass is 35.5. The Morgan fingerprint density at radius 1 is 1.35 bits per heavy atom. The van der Waals surface area contributed by atoms with Crippen molar-refractivity contribution >= 4 is 35.0 Å². The van der Waals surface area contributed by atoms with E-state index in [2.05, 4.69) is 20.2 Å². The van der Waals surface area contributed by atoms with Crippen molar-refractivity contribution in [3.8, 4) is 11.3 Å². The van der Waals surface area contributed by atoms with Crippen LogP contribution in [0.5, 0.6) is 0 Å². The SMILES string of the molecule is O=c1[nH]cccc1-c1cc(/N=C/c2ccc(Cl)s2)[nH]n1. The first-order valence-corrected chi connectivity index (χ1v) is 6.95. The molecule has 3 aromatic rings. The number of nitrogens with zero attached hydrogens (tertiary/aromatic N) is 2. The lowest BCUT2D eigenvalue weighted by Crippen LogP contribution is -2.06. The second kappa shape index (κ2) is 5.44. The van der Waals surface area contributed by atoms with Crippen LogP contribution < -0.4 is 5.56 Å². The van der Waals surface area contributed by atoms with Crippen molar-refractivity contribution in [2.45, 2.75) is 0 Å². The molecule has 0 saturated carbocycles. The van der Waals surface area contributed by atoms with Crippen molar-refractivity contribution in [2.24, 2.45) is 4.99 Å². The Kier molecular flexibility index (Phi) is 3.49. The Hall–Kier alpha value is -2.18. The summed E-state index contributed by atoms with van der Waals surface area (Å²) in [7, 11) is 0. The first kappa shape index (κ1) is 12.8. The lowest BCUT2D eigenvalue weighted by molar-refractivity contribution is 1.08. The second-order valence-electron chi connectivity index (χ2n) is 3.95. The summed E-state index contributed by atoms with van der Waals surface area (Å²) < 4.78 is 0.715. The van der Waals surface area contributed by atoms with Gasteiger partial charge in [-0.15, -0.1) is 11.3 Å². The number of rotatable bonds is 3. The van der Waals surface area contributed by atoms with Crippen molar-refractivity contribution < 1.29 is 0 Å². The van der Waals surface area contributed by atoms with Gasteiger partial charge in [0.05, 0.1) is 15.6 Å². The maximum absolute atomic E-state index is 11.7. The average molecular weight is 305 g/mol. The summed E-state index contributed by atoms with van der Waals surface area (Å²) in [5.41, 5.74) is 0.882. The zero-order valence-corrected chi connectivity index (χ0v) is 11.7. The number of nitrogens with one attached hydrogen (secondary N) is 2. The summed E-state index contributed by atoms with van der Waals surface area (Å²) in [6.45, 7) is 0. The van der Waals surface area contributed by atoms with Crippen molar-refractivity contribution in [2.75, 3.05) is 0 Å². The second-order valence-corrected chi connectivity index (χ2v) is 5.70. The number of aromatic amines is 2. The molecule has 100 valence electrons. The zero-order valence-electron chi connectivity index (χ0n) is 10.1. The van der Waals surface area contributed by atoms with Crippen LogP contribution in [0.25, 0.3) is 11.3 Å². The molecule has 0 aliphatic heterocycles. The summed E-state index contributed by atoms with van der Waals surface area (Å²) >= 11 is 7.28. The molecule has 0 aliphatic carbocycles. The molecule has 0 radical (unpaired) electrons. The maximum Gasteiger partial charge on any atom is 0.257 e. The molecule has 0 bridgehead atoms. The molecule has 7 heteroatoms. The van der Waals surface area contributed by atoms with Gasteiger partial charge in [0.2, 0.25) is 0 Å². The Balaban J connectivity index is 1.86. The average Bonchev–Trinajstić information content (AvgIpc) is 3.06. The number of hydrogen-bond donors (Lipinski definition) is 2. The van der Waals surface area contributed by atoms with Crippen LogP contribution in [-0.2, 0) is 0 Å². The number of halogens is 1.